The molecule has 2 nitrogen and oxygen atoms in total. The SMILES string of the molecule is [C-]#[N+]c1ccccc1-c1c2sc3ccccc3c2c(-c2ccccc2C#N)c2sc3ccccc3c12. The van der Waals surface area contributed by atoms with E-state index in [-0.39, 0.29) is 0 Å². The van der Waals surface area contributed by atoms with Crippen molar-refractivity contribution in [2.24, 2.45) is 0 Å². The van der Waals surface area contributed by atoms with Gasteiger partial charge in [0, 0.05) is 51.5 Å². The van der Waals surface area contributed by atoms with Crippen LogP contribution in [0.3, 0.4) is 0 Å². The highest BCUT2D eigenvalue weighted by Gasteiger charge is 2.25. The summed E-state index contributed by atoms with van der Waals surface area (Å²) >= 11 is 3.54. The molecule has 7 aromatic rings. The lowest BCUT2D eigenvalue weighted by atomic mass is 9.89. The molecular weight excluding hydrogens is 477 g/mol. The second-order valence-corrected chi connectivity index (χ2v) is 10.7. The van der Waals surface area contributed by atoms with Gasteiger partial charge in [-0.05, 0) is 29.3 Å². The van der Waals surface area contributed by atoms with Crippen LogP contribution in [0.4, 0.5) is 5.69 Å². The van der Waals surface area contributed by atoms with Crippen LogP contribution < -0.4 is 0 Å². The second-order valence-electron chi connectivity index (χ2n) is 8.64. The molecule has 0 N–H and O–H groups in total. The van der Waals surface area contributed by atoms with Gasteiger partial charge in [-0.1, -0.05) is 78.9 Å². The van der Waals surface area contributed by atoms with E-state index in [2.05, 4.69) is 71.6 Å². The van der Waals surface area contributed by atoms with Crippen LogP contribution in [-0.4, -0.2) is 0 Å². The monoisotopic (exact) mass is 492 g/mol. The van der Waals surface area contributed by atoms with Crippen LogP contribution in [0.5, 0.6) is 0 Å². The van der Waals surface area contributed by atoms with Crippen LogP contribution in [-0.2, 0) is 0 Å². The van der Waals surface area contributed by atoms with Gasteiger partial charge in [0.15, 0.2) is 5.69 Å². The zero-order chi connectivity index (χ0) is 24.2. The number of para-hydroxylation sites is 1. The summed E-state index contributed by atoms with van der Waals surface area (Å²) in [5.74, 6) is 0. The van der Waals surface area contributed by atoms with Crippen molar-refractivity contribution in [2.45, 2.75) is 0 Å². The lowest BCUT2D eigenvalue weighted by Crippen LogP contribution is -1.89. The normalized spacial score (nSPS) is 11.3. The smallest absolute Gasteiger partial charge is 0.194 e. The first kappa shape index (κ1) is 20.9. The molecule has 0 aliphatic rings. The maximum atomic E-state index is 10.1. The van der Waals surface area contributed by atoms with Crippen LogP contribution in [0.2, 0.25) is 0 Å². The molecule has 0 radical (unpaired) electrons. The number of hydrogen-bond donors (Lipinski definition) is 0. The summed E-state index contributed by atoms with van der Waals surface area (Å²) < 4.78 is 4.72. The van der Waals surface area contributed by atoms with Crippen molar-refractivity contribution in [3.63, 3.8) is 0 Å². The molecule has 4 heteroatoms. The third-order valence-corrected chi connectivity index (χ3v) is 9.13. The van der Waals surface area contributed by atoms with Crippen molar-refractivity contribution in [3.8, 4) is 28.3 Å². The van der Waals surface area contributed by atoms with E-state index >= 15 is 0 Å². The molecule has 0 saturated carbocycles. The van der Waals surface area contributed by atoms with E-state index in [4.69, 9.17) is 6.57 Å². The Labute approximate surface area is 215 Å². The van der Waals surface area contributed by atoms with E-state index in [1.807, 2.05) is 36.4 Å². The molecule has 0 spiro atoms. The summed E-state index contributed by atoms with van der Waals surface area (Å²) in [6.45, 7) is 7.91. The minimum atomic E-state index is 0.651. The predicted molar refractivity (Wildman–Crippen MR) is 154 cm³/mol. The molecule has 2 aromatic heterocycles. The van der Waals surface area contributed by atoms with Crippen LogP contribution >= 0.6 is 22.7 Å². The summed E-state index contributed by atoms with van der Waals surface area (Å²) in [5, 5.41) is 14.7. The number of fused-ring (bicyclic) bond motifs is 6. The van der Waals surface area contributed by atoms with Crippen molar-refractivity contribution in [1.82, 2.24) is 0 Å². The maximum Gasteiger partial charge on any atom is 0.194 e. The van der Waals surface area contributed by atoms with Crippen molar-refractivity contribution >= 4 is 68.7 Å². The van der Waals surface area contributed by atoms with Crippen LogP contribution in [0.1, 0.15) is 5.56 Å². The molecule has 166 valence electrons. The summed E-state index contributed by atoms with van der Waals surface area (Å²) in [7, 11) is 0. The van der Waals surface area contributed by atoms with Gasteiger partial charge in [-0.25, -0.2) is 4.85 Å². The summed E-state index contributed by atoms with van der Waals surface area (Å²) in [6.07, 6.45) is 0. The van der Waals surface area contributed by atoms with Gasteiger partial charge in [0.25, 0.3) is 0 Å². The Morgan fingerprint density at radius 2 is 1.11 bits per heavy atom. The summed E-state index contributed by atoms with van der Waals surface area (Å²) in [5.41, 5.74) is 5.45. The first-order chi connectivity index (χ1) is 17.8. The van der Waals surface area contributed by atoms with Crippen molar-refractivity contribution in [1.29, 1.82) is 5.26 Å². The Bertz CT molecular complexity index is 1930. The summed E-state index contributed by atoms with van der Waals surface area (Å²) in [4.78, 5) is 3.90. The average molecular weight is 493 g/mol. The molecule has 5 aromatic carbocycles. The van der Waals surface area contributed by atoms with E-state index in [9.17, 15) is 5.26 Å². The highest BCUT2D eigenvalue weighted by atomic mass is 32.1. The highest BCUT2D eigenvalue weighted by Crippen LogP contribution is 2.55. The van der Waals surface area contributed by atoms with Gasteiger partial charge in [-0.15, -0.1) is 22.7 Å². The third kappa shape index (κ3) is 2.87. The molecule has 7 rings (SSSR count). The van der Waals surface area contributed by atoms with Gasteiger partial charge in [0.05, 0.1) is 18.2 Å². The van der Waals surface area contributed by atoms with Crippen molar-refractivity contribution < 1.29 is 0 Å². The fourth-order valence-corrected chi connectivity index (χ4v) is 7.81. The average Bonchev–Trinajstić information content (AvgIpc) is 3.51. The van der Waals surface area contributed by atoms with Gasteiger partial charge in [-0.3, -0.25) is 0 Å². The van der Waals surface area contributed by atoms with Crippen LogP contribution in [0.25, 0.3) is 67.4 Å². The van der Waals surface area contributed by atoms with E-state index in [0.717, 1.165) is 42.4 Å². The Balaban J connectivity index is 1.85. The molecule has 0 aliphatic carbocycles. The number of rotatable bonds is 2. The first-order valence-corrected chi connectivity index (χ1v) is 13.2. The Morgan fingerprint density at radius 1 is 0.611 bits per heavy atom. The van der Waals surface area contributed by atoms with Gasteiger partial charge in [-0.2, -0.15) is 5.26 Å². The topological polar surface area (TPSA) is 28.1 Å². The lowest BCUT2D eigenvalue weighted by Gasteiger charge is -2.15. The molecule has 0 bridgehead atoms. The molecular formula is C32H16N2S2. The fourth-order valence-electron chi connectivity index (χ4n) is 5.26. The maximum absolute atomic E-state index is 10.1. The minimum absolute atomic E-state index is 0.651. The number of benzene rings is 5. The largest absolute Gasteiger partial charge is 0.238 e. The predicted octanol–water partition coefficient (Wildman–Crippen LogP) is 10.2. The van der Waals surface area contributed by atoms with Gasteiger partial charge in [0.2, 0.25) is 0 Å². The van der Waals surface area contributed by atoms with E-state index in [1.54, 1.807) is 22.7 Å². The molecule has 36 heavy (non-hydrogen) atoms. The van der Waals surface area contributed by atoms with Crippen LogP contribution in [0, 0.1) is 17.9 Å². The molecule has 0 amide bonds. The molecule has 2 heterocycles. The second kappa shape index (κ2) is 8.04. The molecule has 0 aliphatic heterocycles. The number of nitrogens with zero attached hydrogens (tertiary/aromatic N) is 2. The Morgan fingerprint density at radius 3 is 1.72 bits per heavy atom. The standard InChI is InChI=1S/C32H16N2S2/c1-34-24-15-7-4-12-21(24)28-30-23-14-6-9-17-26(23)35-31(30)27(20-11-3-2-10-19(20)18-33)29-22-13-5-8-16-25(22)36-32(28)29/h2-17H. The molecule has 0 fully saturated rings. The van der Waals surface area contributed by atoms with Crippen molar-refractivity contribution in [3.05, 3.63) is 114 Å². The number of hydrogen-bond acceptors (Lipinski definition) is 3. The molecule has 0 atom stereocenters. The highest BCUT2D eigenvalue weighted by molar-refractivity contribution is 7.28. The van der Waals surface area contributed by atoms with Gasteiger partial charge in [0.1, 0.15) is 0 Å². The Kier molecular flexibility index (Phi) is 4.66. The molecule has 0 saturated heterocycles. The number of nitriles is 1. The zero-order valence-corrected chi connectivity index (χ0v) is 20.6. The van der Waals surface area contributed by atoms with E-state index in [1.165, 1.54) is 20.2 Å². The Hall–Kier alpha value is -4.48. The fraction of sp³-hybridized carbons (Fsp3) is 0. The van der Waals surface area contributed by atoms with E-state index < -0.39 is 0 Å². The lowest BCUT2D eigenvalue weighted by molar-refractivity contribution is 1.49. The third-order valence-electron chi connectivity index (χ3n) is 6.76. The summed E-state index contributed by atoms with van der Waals surface area (Å²) in [6, 6.07) is 35.2. The van der Waals surface area contributed by atoms with Crippen LogP contribution in [0.15, 0.2) is 97.1 Å². The quantitative estimate of drug-likeness (QED) is 0.221. The zero-order valence-electron chi connectivity index (χ0n) is 18.9. The van der Waals surface area contributed by atoms with E-state index in [0.29, 0.717) is 11.3 Å². The van der Waals surface area contributed by atoms with Gasteiger partial charge >= 0.3 is 0 Å². The molecule has 0 unspecified atom stereocenters. The number of thiophene rings is 2. The van der Waals surface area contributed by atoms with Gasteiger partial charge < -0.3 is 0 Å². The minimum Gasteiger partial charge on any atom is -0.238 e. The van der Waals surface area contributed by atoms with Crippen molar-refractivity contribution in [2.75, 3.05) is 0 Å². The first-order valence-electron chi connectivity index (χ1n) is 11.5.